The van der Waals surface area contributed by atoms with Gasteiger partial charge in [-0.25, -0.2) is 9.97 Å². The fourth-order valence-corrected chi connectivity index (χ4v) is 3.83. The van der Waals surface area contributed by atoms with Crippen LogP contribution < -0.4 is 5.73 Å². The summed E-state index contributed by atoms with van der Waals surface area (Å²) in [6, 6.07) is 35.1. The molecule has 5 rings (SSSR count). The van der Waals surface area contributed by atoms with Gasteiger partial charge in [-0.15, -0.1) is 0 Å². The average Bonchev–Trinajstić information content (AvgIpc) is 2.84. The quantitative estimate of drug-likeness (QED) is 0.406. The first-order chi connectivity index (χ1) is 14.8. The van der Waals surface area contributed by atoms with Crippen LogP contribution >= 0.6 is 0 Å². The zero-order valence-electron chi connectivity index (χ0n) is 16.5. The van der Waals surface area contributed by atoms with E-state index in [2.05, 4.69) is 60.7 Å². The van der Waals surface area contributed by atoms with Crippen LogP contribution in [-0.4, -0.2) is 9.97 Å². The van der Waals surface area contributed by atoms with Crippen molar-refractivity contribution < 1.29 is 0 Å². The monoisotopic (exact) mass is 387 g/mol. The van der Waals surface area contributed by atoms with Crippen molar-refractivity contribution in [3.63, 3.8) is 0 Å². The summed E-state index contributed by atoms with van der Waals surface area (Å²) in [5, 5.41) is 2.37. The predicted octanol–water partition coefficient (Wildman–Crippen LogP) is 6.09. The predicted molar refractivity (Wildman–Crippen MR) is 124 cm³/mol. The summed E-state index contributed by atoms with van der Waals surface area (Å²) in [5.41, 5.74) is 12.0. The number of fused-ring (bicyclic) bond motifs is 1. The third-order valence-electron chi connectivity index (χ3n) is 5.34. The first kappa shape index (κ1) is 18.2. The molecule has 0 radical (unpaired) electrons. The Balaban J connectivity index is 1.79. The molecule has 2 N–H and O–H groups in total. The van der Waals surface area contributed by atoms with Gasteiger partial charge in [0.2, 0.25) is 0 Å². The Kier molecular flexibility index (Phi) is 4.80. The van der Waals surface area contributed by atoms with Crippen LogP contribution in [0.25, 0.3) is 44.7 Å². The molecule has 0 amide bonds. The van der Waals surface area contributed by atoms with Crippen LogP contribution in [0.4, 0.5) is 0 Å². The van der Waals surface area contributed by atoms with Crippen LogP contribution in [0.1, 0.15) is 5.56 Å². The van der Waals surface area contributed by atoms with Crippen LogP contribution in [0, 0.1) is 0 Å². The second-order valence-electron chi connectivity index (χ2n) is 7.22. The molecular formula is C27H21N3. The molecule has 3 nitrogen and oxygen atoms in total. The molecule has 0 aliphatic heterocycles. The maximum atomic E-state index is 6.01. The molecule has 0 saturated heterocycles. The molecule has 0 saturated carbocycles. The summed E-state index contributed by atoms with van der Waals surface area (Å²) in [6.45, 7) is 0.443. The molecule has 5 aromatic rings. The maximum Gasteiger partial charge on any atom is 0.160 e. The van der Waals surface area contributed by atoms with Crippen LogP contribution in [-0.2, 0) is 6.54 Å². The molecule has 144 valence electrons. The molecule has 0 aliphatic rings. The summed E-state index contributed by atoms with van der Waals surface area (Å²) in [5.74, 6) is 0.695. The van der Waals surface area contributed by atoms with Gasteiger partial charge < -0.3 is 5.73 Å². The first-order valence-electron chi connectivity index (χ1n) is 10.0. The minimum Gasteiger partial charge on any atom is -0.326 e. The Hall–Kier alpha value is -3.82. The molecular weight excluding hydrogens is 366 g/mol. The van der Waals surface area contributed by atoms with Crippen LogP contribution in [0.5, 0.6) is 0 Å². The molecule has 4 aromatic carbocycles. The number of nitrogens with zero attached hydrogens (tertiary/aromatic N) is 2. The largest absolute Gasteiger partial charge is 0.326 e. The lowest BCUT2D eigenvalue weighted by molar-refractivity contribution is 1.06. The van der Waals surface area contributed by atoms with E-state index in [-0.39, 0.29) is 0 Å². The Bertz CT molecular complexity index is 1320. The van der Waals surface area contributed by atoms with Crippen molar-refractivity contribution in [3.8, 4) is 33.9 Å². The molecule has 1 heterocycles. The number of rotatable bonds is 4. The van der Waals surface area contributed by atoms with Crippen molar-refractivity contribution in [2.24, 2.45) is 5.73 Å². The van der Waals surface area contributed by atoms with Gasteiger partial charge >= 0.3 is 0 Å². The summed E-state index contributed by atoms with van der Waals surface area (Å²) in [4.78, 5) is 9.91. The molecule has 1 aromatic heterocycles. The van der Waals surface area contributed by atoms with Gasteiger partial charge in [0.25, 0.3) is 0 Å². The van der Waals surface area contributed by atoms with Gasteiger partial charge in [0.15, 0.2) is 5.82 Å². The first-order valence-corrected chi connectivity index (χ1v) is 10.0. The number of hydrogen-bond donors (Lipinski definition) is 1. The van der Waals surface area contributed by atoms with Crippen molar-refractivity contribution in [3.05, 3.63) is 109 Å². The highest BCUT2D eigenvalue weighted by molar-refractivity contribution is 5.96. The van der Waals surface area contributed by atoms with Gasteiger partial charge in [-0.1, -0.05) is 97.1 Å². The summed E-state index contributed by atoms with van der Waals surface area (Å²) >= 11 is 0. The van der Waals surface area contributed by atoms with E-state index < -0.39 is 0 Å². The van der Waals surface area contributed by atoms with Gasteiger partial charge in [-0.2, -0.15) is 0 Å². The van der Waals surface area contributed by atoms with E-state index in [1.165, 1.54) is 10.8 Å². The number of nitrogens with two attached hydrogens (primary N) is 1. The average molecular weight is 387 g/mol. The van der Waals surface area contributed by atoms with E-state index in [1.807, 2.05) is 42.5 Å². The third kappa shape index (κ3) is 3.36. The Morgan fingerprint density at radius 1 is 0.600 bits per heavy atom. The highest BCUT2D eigenvalue weighted by Gasteiger charge is 2.14. The van der Waals surface area contributed by atoms with E-state index in [0.29, 0.717) is 12.4 Å². The molecule has 0 unspecified atom stereocenters. The van der Waals surface area contributed by atoms with Gasteiger partial charge in [0, 0.05) is 23.2 Å². The Labute approximate surface area is 175 Å². The minimum atomic E-state index is 0.443. The minimum absolute atomic E-state index is 0.443. The molecule has 3 heteroatoms. The number of hydrogen-bond acceptors (Lipinski definition) is 3. The molecule has 0 fully saturated rings. The second kappa shape index (κ2) is 7.90. The van der Waals surface area contributed by atoms with E-state index in [1.54, 1.807) is 0 Å². The van der Waals surface area contributed by atoms with E-state index in [4.69, 9.17) is 15.7 Å². The Morgan fingerprint density at radius 2 is 1.27 bits per heavy atom. The Morgan fingerprint density at radius 3 is 2.13 bits per heavy atom. The molecule has 30 heavy (non-hydrogen) atoms. The highest BCUT2D eigenvalue weighted by atomic mass is 14.9. The topological polar surface area (TPSA) is 51.8 Å². The maximum absolute atomic E-state index is 6.01. The fourth-order valence-electron chi connectivity index (χ4n) is 3.83. The van der Waals surface area contributed by atoms with E-state index in [9.17, 15) is 0 Å². The second-order valence-corrected chi connectivity index (χ2v) is 7.22. The van der Waals surface area contributed by atoms with Crippen molar-refractivity contribution in [2.45, 2.75) is 6.54 Å². The summed E-state index contributed by atoms with van der Waals surface area (Å²) < 4.78 is 0. The SMILES string of the molecule is NCc1ccccc1-c1nc(-c2ccccc2)cc(-c2cccc3ccccc23)n1. The van der Waals surface area contributed by atoms with Crippen LogP contribution in [0.15, 0.2) is 103 Å². The van der Waals surface area contributed by atoms with Gasteiger partial charge in [-0.3, -0.25) is 0 Å². The molecule has 0 bridgehead atoms. The van der Waals surface area contributed by atoms with E-state index in [0.717, 1.165) is 33.6 Å². The fraction of sp³-hybridized carbons (Fsp3) is 0.0370. The van der Waals surface area contributed by atoms with Crippen LogP contribution in [0.3, 0.4) is 0 Å². The lowest BCUT2D eigenvalue weighted by Crippen LogP contribution is -2.02. The molecule has 0 spiro atoms. The number of benzene rings is 4. The molecule has 0 atom stereocenters. The van der Waals surface area contributed by atoms with Crippen LogP contribution in [0.2, 0.25) is 0 Å². The molecule has 0 aliphatic carbocycles. The summed E-state index contributed by atoms with van der Waals surface area (Å²) in [7, 11) is 0. The van der Waals surface area contributed by atoms with Gasteiger partial charge in [0.05, 0.1) is 11.4 Å². The summed E-state index contributed by atoms with van der Waals surface area (Å²) in [6.07, 6.45) is 0. The van der Waals surface area contributed by atoms with Gasteiger partial charge in [-0.05, 0) is 22.4 Å². The zero-order valence-corrected chi connectivity index (χ0v) is 16.5. The van der Waals surface area contributed by atoms with Gasteiger partial charge in [0.1, 0.15) is 0 Å². The zero-order chi connectivity index (χ0) is 20.3. The smallest absolute Gasteiger partial charge is 0.160 e. The van der Waals surface area contributed by atoms with Crippen molar-refractivity contribution in [1.29, 1.82) is 0 Å². The lowest BCUT2D eigenvalue weighted by Gasteiger charge is -2.13. The third-order valence-corrected chi connectivity index (χ3v) is 5.34. The van der Waals surface area contributed by atoms with Crippen molar-refractivity contribution in [1.82, 2.24) is 9.97 Å². The lowest BCUT2D eigenvalue weighted by atomic mass is 10.00. The standard InChI is InChI=1S/C27H21N3/c28-18-21-12-5-7-15-23(21)27-29-25(20-10-2-1-3-11-20)17-26(30-27)24-16-8-13-19-9-4-6-14-22(19)24/h1-17H,18,28H2. The number of aromatic nitrogens is 2. The normalized spacial score (nSPS) is 11.0. The highest BCUT2D eigenvalue weighted by Crippen LogP contribution is 2.32. The van der Waals surface area contributed by atoms with E-state index >= 15 is 0 Å². The van der Waals surface area contributed by atoms with Crippen molar-refractivity contribution >= 4 is 10.8 Å². The van der Waals surface area contributed by atoms with Crippen molar-refractivity contribution in [2.75, 3.05) is 0 Å².